The molecule has 31 heavy (non-hydrogen) atoms. The van der Waals surface area contributed by atoms with E-state index in [0.29, 0.717) is 46.9 Å². The van der Waals surface area contributed by atoms with E-state index in [0.717, 1.165) is 11.8 Å². The number of halogens is 2. The molecule has 2 aromatic rings. The Kier molecular flexibility index (Phi) is 6.03. The van der Waals surface area contributed by atoms with Crippen molar-refractivity contribution in [3.8, 4) is 11.3 Å². The molecular formula is C23H25F2N3O2S. The third-order valence-corrected chi connectivity index (χ3v) is 7.25. The number of ether oxygens (including phenoxy) is 1. The maximum Gasteiger partial charge on any atom is 0.224 e. The zero-order valence-corrected chi connectivity index (χ0v) is 18.3. The van der Waals surface area contributed by atoms with Gasteiger partial charge < -0.3 is 10.5 Å². The van der Waals surface area contributed by atoms with Gasteiger partial charge in [-0.3, -0.25) is 9.48 Å². The van der Waals surface area contributed by atoms with Crippen molar-refractivity contribution >= 4 is 17.7 Å². The van der Waals surface area contributed by atoms with E-state index in [1.54, 1.807) is 42.2 Å². The maximum absolute atomic E-state index is 15.6. The van der Waals surface area contributed by atoms with Gasteiger partial charge in [0.25, 0.3) is 0 Å². The third-order valence-electron chi connectivity index (χ3n) is 6.21. The van der Waals surface area contributed by atoms with Crippen LogP contribution in [0.25, 0.3) is 11.3 Å². The summed E-state index contributed by atoms with van der Waals surface area (Å²) in [4.78, 5) is 13.4. The molecule has 1 aliphatic carbocycles. The van der Waals surface area contributed by atoms with Crippen LogP contribution in [0.1, 0.15) is 26.2 Å². The van der Waals surface area contributed by atoms with Crippen molar-refractivity contribution < 1.29 is 18.3 Å². The molecule has 5 nitrogen and oxygen atoms in total. The lowest BCUT2D eigenvalue weighted by Gasteiger charge is -2.43. The first-order chi connectivity index (χ1) is 14.8. The number of aromatic nitrogens is 2. The Morgan fingerprint density at radius 1 is 1.35 bits per heavy atom. The lowest BCUT2D eigenvalue weighted by atomic mass is 9.65. The first-order valence-corrected chi connectivity index (χ1v) is 11.1. The van der Waals surface area contributed by atoms with Gasteiger partial charge in [0, 0.05) is 41.1 Å². The van der Waals surface area contributed by atoms with Crippen LogP contribution in [0.15, 0.2) is 58.2 Å². The van der Waals surface area contributed by atoms with Crippen LogP contribution in [-0.2, 0) is 16.6 Å². The highest BCUT2D eigenvalue weighted by atomic mass is 32.2. The summed E-state index contributed by atoms with van der Waals surface area (Å²) in [5.74, 6) is -1.90. The van der Waals surface area contributed by atoms with Crippen LogP contribution >= 0.6 is 11.8 Å². The smallest absolute Gasteiger partial charge is 0.224 e. The Bertz CT molecular complexity index is 1060. The van der Waals surface area contributed by atoms with Gasteiger partial charge in [-0.25, -0.2) is 8.78 Å². The quantitative estimate of drug-likeness (QED) is 0.721. The van der Waals surface area contributed by atoms with Crippen molar-refractivity contribution in [2.45, 2.75) is 37.2 Å². The molecule has 2 aliphatic rings. The second-order valence-corrected chi connectivity index (χ2v) is 9.26. The van der Waals surface area contributed by atoms with Gasteiger partial charge >= 0.3 is 0 Å². The summed E-state index contributed by atoms with van der Waals surface area (Å²) in [6.07, 6.45) is 6.19. The standard InChI is InChI=1S/C23H25F2N3O2S/c1-14-13-23(22(26)29,9-11-30-14)17-4-3-5-20(21(17)25)31-15-6-7-16(18(24)12-15)19-8-10-27-28(19)2/h3,5-8,10,12,14,17H,4,9,11,13H2,1-2H3,(H2,26,29)/t14?,17?,23-/m1/s1. The van der Waals surface area contributed by atoms with Crippen molar-refractivity contribution in [3.63, 3.8) is 0 Å². The third kappa shape index (κ3) is 4.06. The molecule has 2 unspecified atom stereocenters. The predicted molar refractivity (Wildman–Crippen MR) is 116 cm³/mol. The van der Waals surface area contributed by atoms with E-state index in [1.807, 2.05) is 13.0 Å². The highest BCUT2D eigenvalue weighted by molar-refractivity contribution is 8.03. The van der Waals surface area contributed by atoms with Gasteiger partial charge in [-0.2, -0.15) is 5.10 Å². The fourth-order valence-electron chi connectivity index (χ4n) is 4.58. The summed E-state index contributed by atoms with van der Waals surface area (Å²) in [5, 5.41) is 4.07. The minimum atomic E-state index is -0.979. The Labute approximate surface area is 184 Å². The number of hydrogen-bond donors (Lipinski definition) is 1. The van der Waals surface area contributed by atoms with E-state index in [-0.39, 0.29) is 11.9 Å². The molecule has 1 fully saturated rings. The van der Waals surface area contributed by atoms with Crippen molar-refractivity contribution in [1.29, 1.82) is 0 Å². The molecule has 8 heteroatoms. The molecule has 1 saturated heterocycles. The summed E-state index contributed by atoms with van der Waals surface area (Å²) in [6.45, 7) is 2.25. The first-order valence-electron chi connectivity index (χ1n) is 10.3. The molecule has 3 atom stereocenters. The average Bonchev–Trinajstić information content (AvgIpc) is 3.15. The Morgan fingerprint density at radius 2 is 2.16 bits per heavy atom. The van der Waals surface area contributed by atoms with Gasteiger partial charge in [-0.1, -0.05) is 17.8 Å². The topological polar surface area (TPSA) is 70.1 Å². The molecule has 4 rings (SSSR count). The monoisotopic (exact) mass is 445 g/mol. The molecule has 164 valence electrons. The molecule has 0 radical (unpaired) electrons. The molecular weight excluding hydrogens is 420 g/mol. The normalized spacial score (nSPS) is 26.3. The fraction of sp³-hybridized carbons (Fsp3) is 0.391. The summed E-state index contributed by atoms with van der Waals surface area (Å²) < 4.78 is 37.6. The number of nitrogens with zero attached hydrogens (tertiary/aromatic N) is 2. The lowest BCUT2D eigenvalue weighted by molar-refractivity contribution is -0.142. The van der Waals surface area contributed by atoms with Crippen LogP contribution < -0.4 is 5.73 Å². The summed E-state index contributed by atoms with van der Waals surface area (Å²) in [7, 11) is 1.75. The number of benzene rings is 1. The Hall–Kier alpha value is -2.45. The molecule has 1 aromatic heterocycles. The van der Waals surface area contributed by atoms with Crippen molar-refractivity contribution in [2.75, 3.05) is 6.61 Å². The molecule has 0 saturated carbocycles. The first kappa shape index (κ1) is 21.8. The molecule has 0 bridgehead atoms. The number of allylic oxidation sites excluding steroid dienone is 3. The van der Waals surface area contributed by atoms with Crippen LogP contribution in [0.2, 0.25) is 0 Å². The largest absolute Gasteiger partial charge is 0.378 e. The highest BCUT2D eigenvalue weighted by Crippen LogP contribution is 2.50. The van der Waals surface area contributed by atoms with Crippen molar-refractivity contribution in [2.24, 2.45) is 24.1 Å². The van der Waals surface area contributed by atoms with Crippen LogP contribution in [-0.4, -0.2) is 28.4 Å². The number of rotatable bonds is 5. The van der Waals surface area contributed by atoms with Gasteiger partial charge in [0.05, 0.1) is 17.2 Å². The van der Waals surface area contributed by atoms with Gasteiger partial charge in [-0.15, -0.1) is 0 Å². The van der Waals surface area contributed by atoms with Crippen LogP contribution in [0.5, 0.6) is 0 Å². The number of thioether (sulfide) groups is 1. The van der Waals surface area contributed by atoms with E-state index >= 15 is 4.39 Å². The summed E-state index contributed by atoms with van der Waals surface area (Å²) >= 11 is 1.15. The van der Waals surface area contributed by atoms with Gasteiger partial charge in [0.15, 0.2) is 0 Å². The zero-order valence-electron chi connectivity index (χ0n) is 17.5. The minimum absolute atomic E-state index is 0.162. The predicted octanol–water partition coefficient (Wildman–Crippen LogP) is 4.75. The number of aryl methyl sites for hydroxylation is 1. The maximum atomic E-state index is 15.6. The van der Waals surface area contributed by atoms with Gasteiger partial charge in [0.1, 0.15) is 11.6 Å². The van der Waals surface area contributed by atoms with E-state index in [1.165, 1.54) is 6.07 Å². The molecule has 2 heterocycles. The summed E-state index contributed by atoms with van der Waals surface area (Å²) in [6, 6.07) is 6.56. The molecule has 1 aliphatic heterocycles. The van der Waals surface area contributed by atoms with Gasteiger partial charge in [-0.05, 0) is 56.5 Å². The number of amides is 1. The lowest BCUT2D eigenvalue weighted by Crippen LogP contribution is -2.49. The Morgan fingerprint density at radius 3 is 2.81 bits per heavy atom. The zero-order chi connectivity index (χ0) is 22.2. The fourth-order valence-corrected chi connectivity index (χ4v) is 5.53. The molecule has 1 amide bonds. The van der Waals surface area contributed by atoms with E-state index < -0.39 is 23.1 Å². The number of carbonyl (C=O) groups is 1. The van der Waals surface area contributed by atoms with Crippen LogP contribution in [0, 0.1) is 17.2 Å². The van der Waals surface area contributed by atoms with Crippen molar-refractivity contribution in [3.05, 3.63) is 59.2 Å². The van der Waals surface area contributed by atoms with Crippen molar-refractivity contribution in [1.82, 2.24) is 9.78 Å². The van der Waals surface area contributed by atoms with Gasteiger partial charge in [0.2, 0.25) is 5.91 Å². The molecule has 1 aromatic carbocycles. The number of nitrogens with two attached hydrogens (primary N) is 1. The second-order valence-electron chi connectivity index (χ2n) is 8.14. The van der Waals surface area contributed by atoms with E-state index in [4.69, 9.17) is 10.5 Å². The second kappa shape index (κ2) is 8.59. The SMILES string of the molecule is CC1C[C@@](C(N)=O)(C2CC=CC(Sc3ccc(-c4ccnn4C)c(F)c3)=C2F)CCO1. The van der Waals surface area contributed by atoms with Crippen LogP contribution in [0.4, 0.5) is 8.78 Å². The molecule has 2 N–H and O–H groups in total. The average molecular weight is 446 g/mol. The number of primary amides is 1. The summed E-state index contributed by atoms with van der Waals surface area (Å²) in [5.41, 5.74) is 5.89. The van der Waals surface area contributed by atoms with E-state index in [9.17, 15) is 9.18 Å². The highest BCUT2D eigenvalue weighted by Gasteiger charge is 2.49. The molecule has 0 spiro atoms. The number of carbonyl (C=O) groups excluding carboxylic acids is 1. The Balaban J connectivity index is 1.62. The van der Waals surface area contributed by atoms with E-state index in [2.05, 4.69) is 5.10 Å². The minimum Gasteiger partial charge on any atom is -0.378 e. The number of hydrogen-bond acceptors (Lipinski definition) is 4. The van der Waals surface area contributed by atoms with Crippen LogP contribution in [0.3, 0.4) is 0 Å².